The van der Waals surface area contributed by atoms with E-state index in [-0.39, 0.29) is 52.6 Å². The van der Waals surface area contributed by atoms with Gasteiger partial charge >= 0.3 is 0 Å². The first kappa shape index (κ1) is 36.9. The molecule has 4 heterocycles. The largest absolute Gasteiger partial charge is 0.370 e. The standard InChI is InChI=1S/C30H33BrN10O6.ClH/c1-16(31)26(43)34-17-9-22(39(3)12-17)28(45)36-19-11-24(41(5)14-19)30(47)37-20-10-23(40(4)15-20)29(46)35-18-8-21(38(2)13-18)27(44)33-7-6-25(32)42;/h8-15H,1,6-7H2,2-5H3,(H2,32,42)(H,33,44)(H,34,43)(H,35,46)(H,36,45)(H,37,47);1H. The van der Waals surface area contributed by atoms with Crippen LogP contribution in [-0.4, -0.2) is 60.3 Å². The fourth-order valence-electron chi connectivity index (χ4n) is 4.61. The monoisotopic (exact) mass is 744 g/mol. The molecular weight excluding hydrogens is 712 g/mol. The van der Waals surface area contributed by atoms with Gasteiger partial charge in [-0.3, -0.25) is 28.8 Å². The van der Waals surface area contributed by atoms with Gasteiger partial charge in [0.2, 0.25) is 5.91 Å². The van der Waals surface area contributed by atoms with Crippen LogP contribution in [0.15, 0.2) is 60.1 Å². The fourth-order valence-corrected chi connectivity index (χ4v) is 4.71. The van der Waals surface area contributed by atoms with Crippen molar-refractivity contribution in [3.63, 3.8) is 0 Å². The molecule has 18 heteroatoms. The average molecular weight is 746 g/mol. The van der Waals surface area contributed by atoms with Crippen molar-refractivity contribution in [1.82, 2.24) is 23.6 Å². The van der Waals surface area contributed by atoms with Crippen LogP contribution in [0.5, 0.6) is 0 Å². The Morgan fingerprint density at radius 3 is 1.25 bits per heavy atom. The zero-order valence-electron chi connectivity index (χ0n) is 26.3. The SMILES string of the molecule is C=C(Br)C(=O)Nc1cc(C(=O)Nc2cc(C(=O)Nc3cc(C(=O)Nc4cc(C(=O)NCCC(N)=O)n(C)c4)n(C)c3)n(C)c2)n(C)c1.Cl. The van der Waals surface area contributed by atoms with Crippen LogP contribution in [0.1, 0.15) is 48.4 Å². The first-order chi connectivity index (χ1) is 22.1. The summed E-state index contributed by atoms with van der Waals surface area (Å²) in [5, 5.41) is 13.4. The third kappa shape index (κ3) is 8.83. The number of nitrogens with one attached hydrogen (secondary N) is 5. The van der Waals surface area contributed by atoms with Gasteiger partial charge in [-0.1, -0.05) is 6.58 Å². The van der Waals surface area contributed by atoms with E-state index in [4.69, 9.17) is 5.73 Å². The molecule has 0 atom stereocenters. The van der Waals surface area contributed by atoms with Gasteiger partial charge in [0.15, 0.2) is 0 Å². The maximum Gasteiger partial charge on any atom is 0.272 e. The van der Waals surface area contributed by atoms with Crippen LogP contribution in [-0.2, 0) is 37.8 Å². The maximum atomic E-state index is 13.1. The van der Waals surface area contributed by atoms with Crippen LogP contribution in [0.3, 0.4) is 0 Å². The molecule has 0 aliphatic carbocycles. The highest BCUT2D eigenvalue weighted by Gasteiger charge is 2.20. The van der Waals surface area contributed by atoms with Gasteiger partial charge in [-0.2, -0.15) is 0 Å². The average Bonchev–Trinajstić information content (AvgIpc) is 3.73. The molecule has 0 unspecified atom stereocenters. The van der Waals surface area contributed by atoms with E-state index in [1.165, 1.54) is 38.0 Å². The Balaban J connectivity index is 0.00000625. The van der Waals surface area contributed by atoms with Gasteiger partial charge in [-0.15, -0.1) is 12.4 Å². The molecule has 48 heavy (non-hydrogen) atoms. The number of amides is 6. The highest BCUT2D eigenvalue weighted by molar-refractivity contribution is 9.12. The van der Waals surface area contributed by atoms with Gasteiger partial charge in [0.25, 0.3) is 29.5 Å². The molecule has 4 aromatic rings. The molecule has 4 aromatic heterocycles. The molecular formula is C30H34BrClN10O6. The van der Waals surface area contributed by atoms with Gasteiger partial charge in [0.05, 0.1) is 27.2 Å². The minimum absolute atomic E-state index is 0. The number of halogens is 2. The summed E-state index contributed by atoms with van der Waals surface area (Å²) in [7, 11) is 6.57. The summed E-state index contributed by atoms with van der Waals surface area (Å²) in [4.78, 5) is 74.3. The molecule has 0 aromatic carbocycles. The van der Waals surface area contributed by atoms with Crippen LogP contribution in [0.2, 0.25) is 0 Å². The number of hydrogen-bond acceptors (Lipinski definition) is 6. The first-order valence-electron chi connectivity index (χ1n) is 13.9. The van der Waals surface area contributed by atoms with Crippen molar-refractivity contribution in [2.75, 3.05) is 27.8 Å². The Morgan fingerprint density at radius 1 is 0.625 bits per heavy atom. The molecule has 0 aliphatic heterocycles. The Morgan fingerprint density at radius 2 is 0.938 bits per heavy atom. The van der Waals surface area contributed by atoms with Gasteiger partial charge in [-0.05, 0) is 40.2 Å². The Hall–Kier alpha value is -5.55. The minimum Gasteiger partial charge on any atom is -0.370 e. The molecule has 6 amide bonds. The number of hydrogen-bond donors (Lipinski definition) is 6. The second-order valence-corrected chi connectivity index (χ2v) is 11.6. The molecule has 16 nitrogen and oxygen atoms in total. The van der Waals surface area contributed by atoms with Gasteiger partial charge in [0.1, 0.15) is 22.8 Å². The Bertz CT molecular complexity index is 1930. The number of carbonyl (C=O) groups is 6. The summed E-state index contributed by atoms with van der Waals surface area (Å²) in [5.41, 5.74) is 7.57. The van der Waals surface area contributed by atoms with E-state index in [1.54, 1.807) is 57.5 Å². The highest BCUT2D eigenvalue weighted by Crippen LogP contribution is 2.21. The predicted molar refractivity (Wildman–Crippen MR) is 186 cm³/mol. The van der Waals surface area contributed by atoms with Crippen molar-refractivity contribution in [3.8, 4) is 0 Å². The van der Waals surface area contributed by atoms with E-state index in [2.05, 4.69) is 49.1 Å². The van der Waals surface area contributed by atoms with Crippen molar-refractivity contribution in [2.45, 2.75) is 6.42 Å². The lowest BCUT2D eigenvalue weighted by atomic mass is 10.3. The fraction of sp³-hybridized carbons (Fsp3) is 0.200. The summed E-state index contributed by atoms with van der Waals surface area (Å²) in [6.45, 7) is 3.60. The van der Waals surface area contributed by atoms with Crippen LogP contribution in [0.25, 0.3) is 0 Å². The first-order valence-corrected chi connectivity index (χ1v) is 14.7. The second-order valence-electron chi connectivity index (χ2n) is 10.6. The molecule has 0 fully saturated rings. The molecule has 0 aliphatic rings. The number of rotatable bonds is 12. The maximum absolute atomic E-state index is 13.1. The normalized spacial score (nSPS) is 10.4. The lowest BCUT2D eigenvalue weighted by Crippen LogP contribution is -2.29. The van der Waals surface area contributed by atoms with E-state index in [9.17, 15) is 28.8 Å². The van der Waals surface area contributed by atoms with Gasteiger partial charge in [-0.25, -0.2) is 0 Å². The van der Waals surface area contributed by atoms with Crippen molar-refractivity contribution < 1.29 is 28.8 Å². The number of nitrogens with zero attached hydrogens (tertiary/aromatic N) is 4. The van der Waals surface area contributed by atoms with Gasteiger partial charge in [0, 0.05) is 65.9 Å². The molecule has 0 bridgehead atoms. The molecule has 0 radical (unpaired) electrons. The number of aryl methyl sites for hydroxylation is 4. The molecule has 0 saturated heterocycles. The van der Waals surface area contributed by atoms with E-state index in [0.717, 1.165) is 0 Å². The molecule has 4 rings (SSSR count). The van der Waals surface area contributed by atoms with Crippen molar-refractivity contribution in [1.29, 1.82) is 0 Å². The molecule has 254 valence electrons. The minimum atomic E-state index is -0.536. The lowest BCUT2D eigenvalue weighted by molar-refractivity contribution is -0.118. The molecule has 0 saturated carbocycles. The Kier molecular flexibility index (Phi) is 11.8. The summed E-state index contributed by atoms with van der Waals surface area (Å²) in [5.74, 6) is -2.84. The number of primary amides is 1. The summed E-state index contributed by atoms with van der Waals surface area (Å²) >= 11 is 3.01. The summed E-state index contributed by atoms with van der Waals surface area (Å²) in [6.07, 6.45) is 6.28. The van der Waals surface area contributed by atoms with Crippen molar-refractivity contribution >= 4 is 86.5 Å². The lowest BCUT2D eigenvalue weighted by Gasteiger charge is -2.04. The summed E-state index contributed by atoms with van der Waals surface area (Å²) < 4.78 is 6.29. The topological polar surface area (TPSA) is 208 Å². The number of carbonyl (C=O) groups excluding carboxylic acids is 6. The predicted octanol–water partition coefficient (Wildman–Crippen LogP) is 2.67. The van der Waals surface area contributed by atoms with E-state index in [0.29, 0.717) is 22.7 Å². The third-order valence-electron chi connectivity index (χ3n) is 6.89. The van der Waals surface area contributed by atoms with Crippen LogP contribution in [0, 0.1) is 0 Å². The summed E-state index contributed by atoms with van der Waals surface area (Å²) in [6, 6.07) is 5.99. The van der Waals surface area contributed by atoms with Crippen molar-refractivity contribution in [3.05, 3.63) is 82.9 Å². The molecule has 0 spiro atoms. The number of aromatic nitrogens is 4. The highest BCUT2D eigenvalue weighted by atomic mass is 79.9. The smallest absolute Gasteiger partial charge is 0.272 e. The van der Waals surface area contributed by atoms with Crippen LogP contribution < -0.4 is 32.3 Å². The number of anilines is 4. The number of nitrogens with two attached hydrogens (primary N) is 1. The van der Waals surface area contributed by atoms with Crippen LogP contribution >= 0.6 is 28.3 Å². The molecule has 7 N–H and O–H groups in total. The Labute approximate surface area is 289 Å². The zero-order chi connectivity index (χ0) is 34.6. The van der Waals surface area contributed by atoms with Gasteiger partial charge < -0.3 is 50.6 Å². The zero-order valence-corrected chi connectivity index (χ0v) is 28.7. The third-order valence-corrected chi connectivity index (χ3v) is 7.25. The van der Waals surface area contributed by atoms with Crippen LogP contribution in [0.4, 0.5) is 22.7 Å². The second kappa shape index (κ2) is 15.4. The van der Waals surface area contributed by atoms with E-state index >= 15 is 0 Å². The van der Waals surface area contributed by atoms with E-state index < -0.39 is 35.4 Å². The quantitative estimate of drug-likeness (QED) is 0.120. The van der Waals surface area contributed by atoms with E-state index in [1.807, 2.05) is 0 Å². The van der Waals surface area contributed by atoms with Crippen molar-refractivity contribution in [2.24, 2.45) is 33.9 Å².